The van der Waals surface area contributed by atoms with Crippen LogP contribution in [0.25, 0.3) is 0 Å². The molecule has 3 N–H and O–H groups in total. The molecule has 0 bridgehead atoms. The Balaban J connectivity index is 2.95. The summed E-state index contributed by atoms with van der Waals surface area (Å²) >= 11 is 2.24. The topological polar surface area (TPSA) is 47.3 Å². The molecule has 1 rings (SSSR count). The average molecular weight is 292 g/mol. The molecule has 4 heteroatoms. The van der Waals surface area contributed by atoms with Gasteiger partial charge in [-0.15, -0.1) is 0 Å². The summed E-state index contributed by atoms with van der Waals surface area (Å²) in [5, 5.41) is 0. The van der Waals surface area contributed by atoms with E-state index in [2.05, 4.69) is 34.1 Å². The van der Waals surface area contributed by atoms with Gasteiger partial charge < -0.3 is 4.74 Å². The third kappa shape index (κ3) is 2.55. The molecule has 72 valence electrons. The smallest absolute Gasteiger partial charge is 0.132 e. The van der Waals surface area contributed by atoms with E-state index in [4.69, 9.17) is 10.6 Å². The van der Waals surface area contributed by atoms with E-state index >= 15 is 0 Å². The number of methoxy groups -OCH3 is 1. The molecule has 0 aromatic heterocycles. The number of halogens is 1. The normalized spacial score (nSPS) is 12.6. The van der Waals surface area contributed by atoms with Crippen molar-refractivity contribution >= 4 is 22.6 Å². The second-order valence-electron chi connectivity index (χ2n) is 2.78. The monoisotopic (exact) mass is 292 g/mol. The second kappa shape index (κ2) is 4.78. The molecule has 0 unspecified atom stereocenters. The molecule has 0 aliphatic carbocycles. The Bertz CT molecular complexity index is 291. The minimum absolute atomic E-state index is 0.166. The van der Waals surface area contributed by atoms with Crippen molar-refractivity contribution in [3.05, 3.63) is 27.3 Å². The van der Waals surface area contributed by atoms with Gasteiger partial charge in [0.2, 0.25) is 0 Å². The minimum Gasteiger partial charge on any atom is -0.496 e. The highest BCUT2D eigenvalue weighted by Crippen LogP contribution is 2.24. The van der Waals surface area contributed by atoms with Gasteiger partial charge in [0, 0.05) is 6.04 Å². The Morgan fingerprint density at radius 1 is 1.54 bits per heavy atom. The maximum Gasteiger partial charge on any atom is 0.132 e. The van der Waals surface area contributed by atoms with E-state index in [1.54, 1.807) is 7.11 Å². The van der Waals surface area contributed by atoms with E-state index in [1.807, 2.05) is 19.1 Å². The third-order valence-corrected chi connectivity index (χ3v) is 2.77. The lowest BCUT2D eigenvalue weighted by molar-refractivity contribution is 0.411. The molecule has 1 atom stereocenters. The van der Waals surface area contributed by atoms with Crippen LogP contribution in [0.3, 0.4) is 0 Å². The first-order valence-corrected chi connectivity index (χ1v) is 5.06. The van der Waals surface area contributed by atoms with Gasteiger partial charge in [-0.3, -0.25) is 11.3 Å². The van der Waals surface area contributed by atoms with Crippen molar-refractivity contribution in [3.8, 4) is 5.75 Å². The van der Waals surface area contributed by atoms with Crippen LogP contribution in [-0.4, -0.2) is 7.11 Å². The highest BCUT2D eigenvalue weighted by Gasteiger charge is 2.05. The van der Waals surface area contributed by atoms with Crippen LogP contribution >= 0.6 is 22.6 Å². The van der Waals surface area contributed by atoms with E-state index in [1.165, 1.54) is 0 Å². The zero-order valence-corrected chi connectivity index (χ0v) is 9.83. The maximum atomic E-state index is 5.34. The lowest BCUT2D eigenvalue weighted by Crippen LogP contribution is -2.25. The van der Waals surface area contributed by atoms with Gasteiger partial charge in [0.15, 0.2) is 0 Å². The Morgan fingerprint density at radius 3 is 2.69 bits per heavy atom. The number of ether oxygens (including phenoxy) is 1. The van der Waals surface area contributed by atoms with Gasteiger partial charge >= 0.3 is 0 Å². The summed E-state index contributed by atoms with van der Waals surface area (Å²) < 4.78 is 6.25. The van der Waals surface area contributed by atoms with Crippen LogP contribution in [0.2, 0.25) is 0 Å². The van der Waals surface area contributed by atoms with Crippen LogP contribution in [0.1, 0.15) is 18.5 Å². The molecule has 0 spiro atoms. The molecule has 0 saturated carbocycles. The lowest BCUT2D eigenvalue weighted by atomic mass is 10.1. The van der Waals surface area contributed by atoms with Gasteiger partial charge in [0.05, 0.1) is 10.7 Å². The third-order valence-electron chi connectivity index (χ3n) is 1.93. The Hall–Kier alpha value is -0.330. The fourth-order valence-electron chi connectivity index (χ4n) is 1.05. The Morgan fingerprint density at radius 2 is 2.23 bits per heavy atom. The fourth-order valence-corrected chi connectivity index (χ4v) is 1.81. The number of hydrazine groups is 1. The van der Waals surface area contributed by atoms with Crippen molar-refractivity contribution < 1.29 is 4.74 Å². The van der Waals surface area contributed by atoms with Crippen LogP contribution in [-0.2, 0) is 0 Å². The molecule has 0 saturated heterocycles. The van der Waals surface area contributed by atoms with Crippen molar-refractivity contribution in [2.24, 2.45) is 5.84 Å². The van der Waals surface area contributed by atoms with Gasteiger partial charge in [0.1, 0.15) is 5.75 Å². The first-order chi connectivity index (χ1) is 6.19. The standard InChI is InChI=1S/C9H13IN2O/c1-6(12-11)7-3-4-9(13-2)8(10)5-7/h3-6,12H,11H2,1-2H3/t6-/m0/s1. The highest BCUT2D eigenvalue weighted by atomic mass is 127. The number of hydrogen-bond acceptors (Lipinski definition) is 3. The number of rotatable bonds is 3. The van der Waals surface area contributed by atoms with E-state index in [0.717, 1.165) is 14.9 Å². The maximum absolute atomic E-state index is 5.34. The molecule has 0 amide bonds. The van der Waals surface area contributed by atoms with Crippen molar-refractivity contribution in [3.63, 3.8) is 0 Å². The molecule has 1 aromatic rings. The summed E-state index contributed by atoms with van der Waals surface area (Å²) in [4.78, 5) is 0. The number of nitrogens with two attached hydrogens (primary N) is 1. The molecule has 0 aliphatic rings. The van der Waals surface area contributed by atoms with Gasteiger partial charge in [-0.25, -0.2) is 0 Å². The van der Waals surface area contributed by atoms with E-state index < -0.39 is 0 Å². The number of benzene rings is 1. The first kappa shape index (κ1) is 10.7. The highest BCUT2D eigenvalue weighted by molar-refractivity contribution is 14.1. The van der Waals surface area contributed by atoms with Crippen LogP contribution < -0.4 is 16.0 Å². The van der Waals surface area contributed by atoms with E-state index in [-0.39, 0.29) is 6.04 Å². The van der Waals surface area contributed by atoms with Gasteiger partial charge in [0.25, 0.3) is 0 Å². The van der Waals surface area contributed by atoms with Crippen LogP contribution in [0.15, 0.2) is 18.2 Å². The molecular formula is C9H13IN2O. The molecular weight excluding hydrogens is 279 g/mol. The Labute approximate surface area is 91.8 Å². The molecule has 0 heterocycles. The quantitative estimate of drug-likeness (QED) is 0.507. The summed E-state index contributed by atoms with van der Waals surface area (Å²) in [6, 6.07) is 6.18. The summed E-state index contributed by atoms with van der Waals surface area (Å²) in [6.45, 7) is 2.01. The zero-order chi connectivity index (χ0) is 9.84. The summed E-state index contributed by atoms with van der Waals surface area (Å²) in [5.74, 6) is 6.24. The van der Waals surface area contributed by atoms with Crippen molar-refractivity contribution in [1.29, 1.82) is 0 Å². The number of hydrogen-bond donors (Lipinski definition) is 2. The predicted molar refractivity (Wildman–Crippen MR) is 61.4 cm³/mol. The van der Waals surface area contributed by atoms with Crippen molar-refractivity contribution in [2.75, 3.05) is 7.11 Å². The van der Waals surface area contributed by atoms with Gasteiger partial charge in [-0.1, -0.05) is 6.07 Å². The van der Waals surface area contributed by atoms with Gasteiger partial charge in [-0.05, 0) is 47.2 Å². The molecule has 0 aliphatic heterocycles. The average Bonchev–Trinajstić information content (AvgIpc) is 2.16. The van der Waals surface area contributed by atoms with Crippen LogP contribution in [0, 0.1) is 3.57 Å². The largest absolute Gasteiger partial charge is 0.496 e. The summed E-state index contributed by atoms with van der Waals surface area (Å²) in [6.07, 6.45) is 0. The van der Waals surface area contributed by atoms with Gasteiger partial charge in [-0.2, -0.15) is 0 Å². The summed E-state index contributed by atoms with van der Waals surface area (Å²) in [5.41, 5.74) is 3.86. The Kier molecular flexibility index (Phi) is 3.95. The SMILES string of the molecule is COc1ccc([C@H](C)NN)cc1I. The zero-order valence-electron chi connectivity index (χ0n) is 7.67. The van der Waals surface area contributed by atoms with Crippen molar-refractivity contribution in [1.82, 2.24) is 5.43 Å². The van der Waals surface area contributed by atoms with Crippen LogP contribution in [0.5, 0.6) is 5.75 Å². The molecule has 0 radical (unpaired) electrons. The van der Waals surface area contributed by atoms with Crippen LogP contribution in [0.4, 0.5) is 0 Å². The van der Waals surface area contributed by atoms with Crippen molar-refractivity contribution in [2.45, 2.75) is 13.0 Å². The predicted octanol–water partition coefficient (Wildman–Crippen LogP) is 1.82. The fraction of sp³-hybridized carbons (Fsp3) is 0.333. The second-order valence-corrected chi connectivity index (χ2v) is 3.94. The molecule has 13 heavy (non-hydrogen) atoms. The molecule has 0 fully saturated rings. The minimum atomic E-state index is 0.166. The lowest BCUT2D eigenvalue weighted by Gasteiger charge is -2.11. The summed E-state index contributed by atoms with van der Waals surface area (Å²) in [7, 11) is 1.67. The number of nitrogens with one attached hydrogen (secondary N) is 1. The molecule has 3 nitrogen and oxygen atoms in total. The van der Waals surface area contributed by atoms with E-state index in [0.29, 0.717) is 0 Å². The molecule has 1 aromatic carbocycles. The van der Waals surface area contributed by atoms with E-state index in [9.17, 15) is 0 Å². The first-order valence-electron chi connectivity index (χ1n) is 3.98.